The van der Waals surface area contributed by atoms with E-state index in [1.54, 1.807) is 13.1 Å². The van der Waals surface area contributed by atoms with Gasteiger partial charge in [0, 0.05) is 29.7 Å². The Balaban J connectivity index is 2.54. The molecule has 102 valence electrons. The summed E-state index contributed by atoms with van der Waals surface area (Å²) in [6.07, 6.45) is 2.07. The predicted octanol–water partition coefficient (Wildman–Crippen LogP) is 3.57. The number of rotatable bonds is 4. The minimum Gasteiger partial charge on any atom is -0.469 e. The smallest absolute Gasteiger partial charge is 0.134 e. The van der Waals surface area contributed by atoms with Crippen molar-refractivity contribution in [3.05, 3.63) is 58.8 Å². The summed E-state index contributed by atoms with van der Waals surface area (Å²) >= 11 is 0. The topological polar surface area (TPSA) is 25.2 Å². The largest absolute Gasteiger partial charge is 0.469 e. The standard InChI is InChI=1S/C14H14F3NO/c1-3-12-9(4-5-19-12)14(18-2)13-10(16)6-8(15)7-11(13)17/h4-7,14,18H,3H2,1-2H3. The number of benzene rings is 1. The molecule has 5 heteroatoms. The Morgan fingerprint density at radius 3 is 2.37 bits per heavy atom. The van der Waals surface area contributed by atoms with Crippen LogP contribution in [0.1, 0.15) is 29.9 Å². The first-order valence-corrected chi connectivity index (χ1v) is 5.96. The van der Waals surface area contributed by atoms with Crippen LogP contribution in [0.4, 0.5) is 13.2 Å². The molecule has 0 aliphatic carbocycles. The third-order valence-corrected chi connectivity index (χ3v) is 3.03. The van der Waals surface area contributed by atoms with Crippen molar-refractivity contribution in [1.29, 1.82) is 0 Å². The molecule has 2 rings (SSSR count). The maximum absolute atomic E-state index is 13.8. The Labute approximate surface area is 109 Å². The van der Waals surface area contributed by atoms with Gasteiger partial charge < -0.3 is 9.73 Å². The molecular weight excluding hydrogens is 255 g/mol. The van der Waals surface area contributed by atoms with E-state index >= 15 is 0 Å². The van der Waals surface area contributed by atoms with E-state index < -0.39 is 23.5 Å². The molecule has 2 aromatic rings. The van der Waals surface area contributed by atoms with E-state index in [1.165, 1.54) is 6.26 Å². The number of aryl methyl sites for hydroxylation is 1. The molecule has 1 aromatic heterocycles. The molecule has 2 nitrogen and oxygen atoms in total. The third-order valence-electron chi connectivity index (χ3n) is 3.03. The Kier molecular flexibility index (Phi) is 3.95. The molecule has 0 spiro atoms. The second-order valence-corrected chi connectivity index (χ2v) is 4.16. The molecule has 0 fully saturated rings. The Hall–Kier alpha value is -1.75. The van der Waals surface area contributed by atoms with Crippen LogP contribution >= 0.6 is 0 Å². The average Bonchev–Trinajstić information content (AvgIpc) is 2.81. The second kappa shape index (κ2) is 5.48. The van der Waals surface area contributed by atoms with Crippen LogP contribution in [-0.4, -0.2) is 7.05 Å². The quantitative estimate of drug-likeness (QED) is 0.918. The van der Waals surface area contributed by atoms with Crippen molar-refractivity contribution in [3.63, 3.8) is 0 Å². The van der Waals surface area contributed by atoms with Gasteiger partial charge in [0.2, 0.25) is 0 Å². The minimum absolute atomic E-state index is 0.208. The van der Waals surface area contributed by atoms with Crippen molar-refractivity contribution in [2.24, 2.45) is 0 Å². The Morgan fingerprint density at radius 1 is 1.21 bits per heavy atom. The molecule has 0 aliphatic heterocycles. The van der Waals surface area contributed by atoms with Crippen molar-refractivity contribution in [2.45, 2.75) is 19.4 Å². The first-order chi connectivity index (χ1) is 9.08. The number of hydrogen-bond donors (Lipinski definition) is 1. The van der Waals surface area contributed by atoms with Crippen LogP contribution < -0.4 is 5.32 Å². The fraction of sp³-hybridized carbons (Fsp3) is 0.286. The van der Waals surface area contributed by atoms with Crippen LogP contribution in [0.15, 0.2) is 28.9 Å². The molecule has 0 saturated carbocycles. The zero-order valence-electron chi connectivity index (χ0n) is 10.6. The summed E-state index contributed by atoms with van der Waals surface area (Å²) in [5.74, 6) is -2.13. The molecule has 0 radical (unpaired) electrons. The first-order valence-electron chi connectivity index (χ1n) is 5.96. The van der Waals surface area contributed by atoms with Crippen molar-refractivity contribution in [2.75, 3.05) is 7.05 Å². The van der Waals surface area contributed by atoms with Gasteiger partial charge in [-0.3, -0.25) is 0 Å². The van der Waals surface area contributed by atoms with Gasteiger partial charge >= 0.3 is 0 Å². The van der Waals surface area contributed by atoms with Gasteiger partial charge in [-0.1, -0.05) is 6.92 Å². The normalized spacial score (nSPS) is 12.7. The SMILES string of the molecule is CCc1occc1C(NC)c1c(F)cc(F)cc1F. The molecule has 0 bridgehead atoms. The van der Waals surface area contributed by atoms with Crippen LogP contribution in [0, 0.1) is 17.5 Å². The van der Waals surface area contributed by atoms with E-state index in [-0.39, 0.29) is 5.56 Å². The molecule has 0 aliphatic rings. The van der Waals surface area contributed by atoms with Gasteiger partial charge in [-0.05, 0) is 13.1 Å². The van der Waals surface area contributed by atoms with Crippen LogP contribution in [-0.2, 0) is 6.42 Å². The molecule has 0 amide bonds. The van der Waals surface area contributed by atoms with Crippen LogP contribution in [0.25, 0.3) is 0 Å². The van der Waals surface area contributed by atoms with E-state index in [1.807, 2.05) is 6.92 Å². The van der Waals surface area contributed by atoms with Crippen molar-refractivity contribution < 1.29 is 17.6 Å². The van der Waals surface area contributed by atoms with Gasteiger partial charge in [0.1, 0.15) is 23.2 Å². The number of hydrogen-bond acceptors (Lipinski definition) is 2. The molecule has 1 aromatic carbocycles. The highest BCUT2D eigenvalue weighted by Gasteiger charge is 2.24. The highest BCUT2D eigenvalue weighted by atomic mass is 19.1. The Bertz CT molecular complexity index is 557. The maximum Gasteiger partial charge on any atom is 0.134 e. The molecule has 1 N–H and O–H groups in total. The van der Waals surface area contributed by atoms with E-state index in [2.05, 4.69) is 5.32 Å². The molecule has 19 heavy (non-hydrogen) atoms. The minimum atomic E-state index is -0.934. The summed E-state index contributed by atoms with van der Waals surface area (Å²) in [6.45, 7) is 1.88. The number of nitrogens with one attached hydrogen (secondary N) is 1. The lowest BCUT2D eigenvalue weighted by Crippen LogP contribution is -2.21. The molecule has 1 unspecified atom stereocenters. The van der Waals surface area contributed by atoms with E-state index in [4.69, 9.17) is 4.42 Å². The summed E-state index contributed by atoms with van der Waals surface area (Å²) in [5, 5.41) is 2.83. The number of halogens is 3. The van der Waals surface area contributed by atoms with E-state index in [9.17, 15) is 13.2 Å². The van der Waals surface area contributed by atoms with Gasteiger partial charge in [-0.2, -0.15) is 0 Å². The zero-order chi connectivity index (χ0) is 14.0. The fourth-order valence-electron chi connectivity index (χ4n) is 2.18. The van der Waals surface area contributed by atoms with Crippen LogP contribution in [0.3, 0.4) is 0 Å². The lowest BCUT2D eigenvalue weighted by atomic mass is 9.97. The fourth-order valence-corrected chi connectivity index (χ4v) is 2.18. The Morgan fingerprint density at radius 2 is 1.84 bits per heavy atom. The monoisotopic (exact) mass is 269 g/mol. The van der Waals surface area contributed by atoms with E-state index in [0.717, 1.165) is 0 Å². The molecule has 0 saturated heterocycles. The average molecular weight is 269 g/mol. The number of furan rings is 1. The molecular formula is C14H14F3NO. The van der Waals surface area contributed by atoms with E-state index in [0.29, 0.717) is 29.9 Å². The van der Waals surface area contributed by atoms with Gasteiger partial charge in [-0.25, -0.2) is 13.2 Å². The highest BCUT2D eigenvalue weighted by molar-refractivity contribution is 5.35. The maximum atomic E-state index is 13.8. The summed E-state index contributed by atoms with van der Waals surface area (Å²) in [4.78, 5) is 0. The van der Waals surface area contributed by atoms with Gasteiger partial charge in [0.15, 0.2) is 0 Å². The second-order valence-electron chi connectivity index (χ2n) is 4.16. The van der Waals surface area contributed by atoms with Crippen molar-refractivity contribution in [1.82, 2.24) is 5.32 Å². The summed E-state index contributed by atoms with van der Waals surface area (Å²) in [6, 6.07) is 2.29. The van der Waals surface area contributed by atoms with Gasteiger partial charge in [-0.15, -0.1) is 0 Å². The zero-order valence-corrected chi connectivity index (χ0v) is 10.6. The first kappa shape index (κ1) is 13.7. The van der Waals surface area contributed by atoms with Crippen LogP contribution in [0.2, 0.25) is 0 Å². The summed E-state index contributed by atoms with van der Waals surface area (Å²) < 4.78 is 45.9. The van der Waals surface area contributed by atoms with Crippen molar-refractivity contribution in [3.8, 4) is 0 Å². The van der Waals surface area contributed by atoms with Gasteiger partial charge in [0.25, 0.3) is 0 Å². The third kappa shape index (κ3) is 2.51. The van der Waals surface area contributed by atoms with Crippen molar-refractivity contribution >= 4 is 0 Å². The predicted molar refractivity (Wildman–Crippen MR) is 65.3 cm³/mol. The summed E-state index contributed by atoms with van der Waals surface area (Å²) in [7, 11) is 1.58. The molecule has 1 heterocycles. The molecule has 1 atom stereocenters. The lowest BCUT2D eigenvalue weighted by molar-refractivity contribution is 0.484. The summed E-state index contributed by atoms with van der Waals surface area (Å²) in [5.41, 5.74) is 0.439. The highest BCUT2D eigenvalue weighted by Crippen LogP contribution is 2.30. The van der Waals surface area contributed by atoms with Crippen LogP contribution in [0.5, 0.6) is 0 Å². The lowest BCUT2D eigenvalue weighted by Gasteiger charge is -2.18. The van der Waals surface area contributed by atoms with Gasteiger partial charge in [0.05, 0.1) is 12.3 Å².